The molecule has 0 bridgehead atoms. The van der Waals surface area contributed by atoms with Crippen LogP contribution in [-0.2, 0) is 4.74 Å². The third kappa shape index (κ3) is 8.82. The van der Waals surface area contributed by atoms with Crippen LogP contribution < -0.4 is 16.8 Å². The molecule has 176 valence electrons. The van der Waals surface area contributed by atoms with Gasteiger partial charge in [-0.2, -0.15) is 5.10 Å². The maximum atomic E-state index is 11.3. The van der Waals surface area contributed by atoms with Crippen LogP contribution in [0.15, 0.2) is 40.7 Å². The van der Waals surface area contributed by atoms with Crippen LogP contribution in [0.3, 0.4) is 0 Å². The summed E-state index contributed by atoms with van der Waals surface area (Å²) in [6, 6.07) is 1.72. The number of H-pyrrole nitrogens is 1. The van der Waals surface area contributed by atoms with Crippen molar-refractivity contribution >= 4 is 11.7 Å². The lowest BCUT2D eigenvalue weighted by Crippen LogP contribution is -2.39. The Labute approximate surface area is 185 Å². The molecule has 1 aromatic heterocycles. The maximum absolute atomic E-state index is 11.3. The molecule has 0 spiro atoms. The summed E-state index contributed by atoms with van der Waals surface area (Å²) in [5, 5.41) is 29.0. The van der Waals surface area contributed by atoms with Crippen molar-refractivity contribution in [1.82, 2.24) is 15.5 Å². The number of hydrogen-bond acceptors (Lipinski definition) is 7. The van der Waals surface area contributed by atoms with Gasteiger partial charge in [-0.25, -0.2) is 4.99 Å². The quantitative estimate of drug-likeness (QED) is 0.141. The minimum Gasteiger partial charge on any atom is -0.404 e. The number of methoxy groups -OCH3 is 1. The van der Waals surface area contributed by atoms with Crippen LogP contribution in [0.4, 0.5) is 5.82 Å². The standard InChI is InChI=1S/C18H29N5O2.C4H11NO/c1-3-4-15(18(24)8-5-13(6-9-18)12-25-2)14(11-19)17(20)22-16-7-10-21-23-16;1-2-5-3-4-6/h4,7,10-11,13,24H,3,5-6,8-9,12,19H2,1-2H3,(H3,20,21,22,23);5-6H,2-4H2,1H3/b14-11-,15-4+;. The van der Waals surface area contributed by atoms with Gasteiger partial charge < -0.3 is 31.7 Å². The smallest absolute Gasteiger partial charge is 0.150 e. The zero-order chi connectivity index (χ0) is 23.1. The fourth-order valence-corrected chi connectivity index (χ4v) is 3.65. The van der Waals surface area contributed by atoms with Crippen LogP contribution in [0.5, 0.6) is 0 Å². The van der Waals surface area contributed by atoms with Crippen LogP contribution in [0.25, 0.3) is 0 Å². The number of aromatic nitrogens is 2. The van der Waals surface area contributed by atoms with Gasteiger partial charge in [-0.15, -0.1) is 0 Å². The van der Waals surface area contributed by atoms with Crippen molar-refractivity contribution < 1.29 is 14.9 Å². The fraction of sp³-hybridized carbons (Fsp3) is 0.636. The van der Waals surface area contributed by atoms with E-state index < -0.39 is 5.60 Å². The van der Waals surface area contributed by atoms with Crippen molar-refractivity contribution in [3.05, 3.63) is 35.7 Å². The molecule has 1 heterocycles. The van der Waals surface area contributed by atoms with Gasteiger partial charge in [0.1, 0.15) is 11.7 Å². The molecular weight excluding hydrogens is 396 g/mol. The van der Waals surface area contributed by atoms with Gasteiger partial charge in [-0.3, -0.25) is 5.10 Å². The van der Waals surface area contributed by atoms with Gasteiger partial charge in [0.05, 0.1) is 18.4 Å². The van der Waals surface area contributed by atoms with Crippen LogP contribution in [0, 0.1) is 5.92 Å². The van der Waals surface area contributed by atoms with Crippen molar-refractivity contribution in [2.45, 2.75) is 51.6 Å². The minimum atomic E-state index is -0.945. The zero-order valence-corrected chi connectivity index (χ0v) is 19.1. The van der Waals surface area contributed by atoms with Crippen molar-refractivity contribution in [3.8, 4) is 0 Å². The van der Waals surface area contributed by atoms with Crippen molar-refractivity contribution in [3.63, 3.8) is 0 Å². The summed E-state index contributed by atoms with van der Waals surface area (Å²) in [6.45, 7) is 6.67. The van der Waals surface area contributed by atoms with E-state index >= 15 is 0 Å². The van der Waals surface area contributed by atoms with E-state index in [-0.39, 0.29) is 12.4 Å². The molecule has 9 heteroatoms. The number of hydrogen-bond donors (Lipinski definition) is 6. The monoisotopic (exact) mass is 436 g/mol. The first-order chi connectivity index (χ1) is 14.9. The predicted octanol–water partition coefficient (Wildman–Crippen LogP) is 1.73. The lowest BCUT2D eigenvalue weighted by Gasteiger charge is -2.38. The topological polar surface area (TPSA) is 155 Å². The number of rotatable bonds is 10. The Hall–Kier alpha value is -2.20. The summed E-state index contributed by atoms with van der Waals surface area (Å²) in [7, 11) is 1.71. The summed E-state index contributed by atoms with van der Waals surface area (Å²) < 4.78 is 5.25. The first-order valence-corrected chi connectivity index (χ1v) is 10.9. The lowest BCUT2D eigenvalue weighted by atomic mass is 9.72. The van der Waals surface area contributed by atoms with Crippen LogP contribution in [0.2, 0.25) is 0 Å². The van der Waals surface area contributed by atoms with E-state index in [1.165, 1.54) is 6.20 Å². The van der Waals surface area contributed by atoms with E-state index in [2.05, 4.69) is 20.5 Å². The number of likely N-dealkylation sites (N-methyl/N-ethyl adjacent to an activating group) is 1. The number of nitrogens with two attached hydrogens (primary N) is 2. The second-order valence-corrected chi connectivity index (χ2v) is 7.55. The van der Waals surface area contributed by atoms with Gasteiger partial charge in [0.25, 0.3) is 0 Å². The van der Waals surface area contributed by atoms with Gasteiger partial charge in [0.15, 0.2) is 0 Å². The molecular formula is C22H40N6O3. The van der Waals surface area contributed by atoms with E-state index in [0.29, 0.717) is 30.2 Å². The number of ether oxygens (including phenoxy) is 1. The second kappa shape index (κ2) is 14.7. The Balaban J connectivity index is 0.000000703. The average Bonchev–Trinajstić information content (AvgIpc) is 3.27. The fourth-order valence-electron chi connectivity index (χ4n) is 3.65. The number of amidine groups is 1. The molecule has 0 atom stereocenters. The summed E-state index contributed by atoms with van der Waals surface area (Å²) >= 11 is 0. The number of aliphatic imine (C=N–C) groups is 1. The Kier molecular flexibility index (Phi) is 12.8. The summed E-state index contributed by atoms with van der Waals surface area (Å²) in [5.41, 5.74) is 12.4. The molecule has 0 radical (unpaired) electrons. The highest BCUT2D eigenvalue weighted by Crippen LogP contribution is 2.40. The third-order valence-corrected chi connectivity index (χ3v) is 5.24. The van der Waals surface area contributed by atoms with Gasteiger partial charge in [-0.1, -0.05) is 19.9 Å². The minimum absolute atomic E-state index is 0.244. The Morgan fingerprint density at radius 2 is 2.13 bits per heavy atom. The summed E-state index contributed by atoms with van der Waals surface area (Å²) in [6.07, 6.45) is 8.91. The molecule has 1 aliphatic carbocycles. The van der Waals surface area contributed by atoms with Crippen molar-refractivity contribution in [1.29, 1.82) is 0 Å². The molecule has 1 aromatic rings. The summed E-state index contributed by atoms with van der Waals surface area (Å²) in [4.78, 5) is 4.32. The normalized spacial score (nSPS) is 22.7. The first kappa shape index (κ1) is 26.8. The van der Waals surface area contributed by atoms with Crippen LogP contribution in [-0.4, -0.2) is 65.3 Å². The number of aliphatic hydroxyl groups is 2. The number of nitrogens with zero attached hydrogens (tertiary/aromatic N) is 2. The molecule has 9 nitrogen and oxygen atoms in total. The molecule has 0 aliphatic heterocycles. The van der Waals surface area contributed by atoms with Crippen molar-refractivity contribution in [2.75, 3.05) is 33.4 Å². The van der Waals surface area contributed by atoms with E-state index in [9.17, 15) is 5.11 Å². The second-order valence-electron chi connectivity index (χ2n) is 7.55. The van der Waals surface area contributed by atoms with E-state index in [0.717, 1.165) is 44.5 Å². The molecule has 1 aliphatic rings. The van der Waals surface area contributed by atoms with Gasteiger partial charge in [0.2, 0.25) is 0 Å². The number of allylic oxidation sites excluding steroid dienone is 1. The molecule has 8 N–H and O–H groups in total. The molecule has 0 unspecified atom stereocenters. The van der Waals surface area contributed by atoms with Crippen LogP contribution in [0.1, 0.15) is 46.0 Å². The average molecular weight is 437 g/mol. The Morgan fingerprint density at radius 1 is 1.42 bits per heavy atom. The highest BCUT2D eigenvalue weighted by molar-refractivity contribution is 6.02. The van der Waals surface area contributed by atoms with E-state index in [1.807, 2.05) is 19.9 Å². The molecule has 31 heavy (non-hydrogen) atoms. The first-order valence-electron chi connectivity index (χ1n) is 10.9. The largest absolute Gasteiger partial charge is 0.404 e. The molecule has 1 saturated carbocycles. The lowest BCUT2D eigenvalue weighted by molar-refractivity contribution is 0.0112. The molecule has 0 saturated heterocycles. The molecule has 2 rings (SSSR count). The number of nitrogens with one attached hydrogen (secondary N) is 2. The highest BCUT2D eigenvalue weighted by atomic mass is 16.5. The number of aromatic amines is 1. The van der Waals surface area contributed by atoms with E-state index in [1.54, 1.807) is 19.4 Å². The predicted molar refractivity (Wildman–Crippen MR) is 125 cm³/mol. The summed E-state index contributed by atoms with van der Waals surface area (Å²) in [5.74, 6) is 1.29. The SMILES string of the molecule is CCNCCO.CC\C=C(C(=C/N)/C(N)=N/c1ccn[nH]1)\C1(O)CCC(COC)CC1. The number of aliphatic hydroxyl groups excluding tert-OH is 1. The van der Waals surface area contributed by atoms with Crippen molar-refractivity contribution in [2.24, 2.45) is 22.4 Å². The van der Waals surface area contributed by atoms with Gasteiger partial charge in [-0.05, 0) is 50.1 Å². The van der Waals surface area contributed by atoms with Gasteiger partial charge in [0, 0.05) is 38.1 Å². The van der Waals surface area contributed by atoms with E-state index in [4.69, 9.17) is 21.3 Å². The molecule has 0 aromatic carbocycles. The Morgan fingerprint density at radius 3 is 2.58 bits per heavy atom. The van der Waals surface area contributed by atoms with Crippen LogP contribution >= 0.6 is 0 Å². The molecule has 1 fully saturated rings. The van der Waals surface area contributed by atoms with Gasteiger partial charge >= 0.3 is 0 Å². The molecule has 0 amide bonds. The highest BCUT2D eigenvalue weighted by Gasteiger charge is 2.38. The Bertz CT molecular complexity index is 688. The zero-order valence-electron chi connectivity index (χ0n) is 19.1. The third-order valence-electron chi connectivity index (χ3n) is 5.24. The maximum Gasteiger partial charge on any atom is 0.150 e.